The van der Waals surface area contributed by atoms with E-state index in [2.05, 4.69) is 5.32 Å². The van der Waals surface area contributed by atoms with E-state index in [0.29, 0.717) is 24.4 Å². The molecule has 0 fully saturated rings. The van der Waals surface area contributed by atoms with Crippen molar-refractivity contribution in [3.8, 4) is 0 Å². The highest BCUT2D eigenvalue weighted by molar-refractivity contribution is 6.30. The summed E-state index contributed by atoms with van der Waals surface area (Å²) in [5.41, 5.74) is 2.03. The molecule has 1 atom stereocenters. The average molecular weight is 373 g/mol. The van der Waals surface area contributed by atoms with Crippen LogP contribution in [0.15, 0.2) is 54.6 Å². The summed E-state index contributed by atoms with van der Waals surface area (Å²) in [6.07, 6.45) is 1.53. The summed E-state index contributed by atoms with van der Waals surface area (Å²) in [6, 6.07) is 16.7. The molecular formula is C21H25ClN2O2. The molecule has 0 aliphatic rings. The van der Waals surface area contributed by atoms with Gasteiger partial charge < -0.3 is 10.2 Å². The molecule has 0 bridgehead atoms. The SMILES string of the molecule is CC[C@@H](C(=O)NC)N(CCc1ccccc1)C(=O)Cc1ccc(Cl)cc1. The Labute approximate surface area is 160 Å². The van der Waals surface area contributed by atoms with E-state index >= 15 is 0 Å². The third-order valence-corrected chi connectivity index (χ3v) is 4.64. The Balaban J connectivity index is 2.16. The molecule has 0 radical (unpaired) electrons. The fraction of sp³-hybridized carbons (Fsp3) is 0.333. The van der Waals surface area contributed by atoms with Gasteiger partial charge in [-0.1, -0.05) is 61.0 Å². The summed E-state index contributed by atoms with van der Waals surface area (Å²) in [7, 11) is 1.60. The molecule has 0 heterocycles. The number of halogens is 1. The van der Waals surface area contributed by atoms with Crippen LogP contribution in [0.5, 0.6) is 0 Å². The molecule has 0 unspecified atom stereocenters. The number of likely N-dealkylation sites (N-methyl/N-ethyl adjacent to an activating group) is 1. The van der Waals surface area contributed by atoms with Gasteiger partial charge in [-0.3, -0.25) is 9.59 Å². The average Bonchev–Trinajstić information content (AvgIpc) is 2.67. The first-order valence-corrected chi connectivity index (χ1v) is 9.22. The fourth-order valence-corrected chi connectivity index (χ4v) is 3.07. The van der Waals surface area contributed by atoms with Gasteiger partial charge in [0.15, 0.2) is 0 Å². The van der Waals surface area contributed by atoms with Crippen LogP contribution in [0.3, 0.4) is 0 Å². The third kappa shape index (κ3) is 5.60. The van der Waals surface area contributed by atoms with Gasteiger partial charge >= 0.3 is 0 Å². The second-order valence-electron chi connectivity index (χ2n) is 6.16. The largest absolute Gasteiger partial charge is 0.357 e. The fourth-order valence-electron chi connectivity index (χ4n) is 2.94. The number of nitrogens with zero attached hydrogens (tertiary/aromatic N) is 1. The predicted molar refractivity (Wildman–Crippen MR) is 105 cm³/mol. The zero-order valence-corrected chi connectivity index (χ0v) is 16.0. The van der Waals surface area contributed by atoms with Crippen molar-refractivity contribution >= 4 is 23.4 Å². The molecule has 0 saturated carbocycles. The first-order valence-electron chi connectivity index (χ1n) is 8.84. The highest BCUT2D eigenvalue weighted by atomic mass is 35.5. The van der Waals surface area contributed by atoms with E-state index in [1.54, 1.807) is 24.1 Å². The van der Waals surface area contributed by atoms with Gasteiger partial charge in [0.2, 0.25) is 11.8 Å². The zero-order valence-electron chi connectivity index (χ0n) is 15.2. The summed E-state index contributed by atoms with van der Waals surface area (Å²) in [5, 5.41) is 3.31. The Kier molecular flexibility index (Phi) is 7.67. The van der Waals surface area contributed by atoms with Gasteiger partial charge in [0.25, 0.3) is 0 Å². The maximum Gasteiger partial charge on any atom is 0.242 e. The van der Waals surface area contributed by atoms with Crippen molar-refractivity contribution in [2.45, 2.75) is 32.2 Å². The van der Waals surface area contributed by atoms with E-state index < -0.39 is 6.04 Å². The second-order valence-corrected chi connectivity index (χ2v) is 6.60. The van der Waals surface area contributed by atoms with Crippen LogP contribution in [0.25, 0.3) is 0 Å². The Hall–Kier alpha value is -2.33. The molecule has 0 spiro atoms. The number of rotatable bonds is 8. The quantitative estimate of drug-likeness (QED) is 0.771. The molecule has 5 heteroatoms. The molecule has 0 aliphatic carbocycles. The molecule has 2 amide bonds. The van der Waals surface area contributed by atoms with Crippen molar-refractivity contribution in [3.05, 3.63) is 70.7 Å². The minimum absolute atomic E-state index is 0.0568. The number of hydrogen-bond donors (Lipinski definition) is 1. The van der Waals surface area contributed by atoms with Crippen LogP contribution in [-0.2, 0) is 22.4 Å². The van der Waals surface area contributed by atoms with E-state index in [1.807, 2.05) is 49.4 Å². The molecule has 26 heavy (non-hydrogen) atoms. The van der Waals surface area contributed by atoms with Crippen molar-refractivity contribution < 1.29 is 9.59 Å². The van der Waals surface area contributed by atoms with Gasteiger partial charge in [-0.05, 0) is 36.1 Å². The summed E-state index contributed by atoms with van der Waals surface area (Å²) >= 11 is 5.91. The maximum absolute atomic E-state index is 13.0. The minimum Gasteiger partial charge on any atom is -0.357 e. The van der Waals surface area contributed by atoms with E-state index in [9.17, 15) is 9.59 Å². The normalized spacial score (nSPS) is 11.7. The molecule has 0 saturated heterocycles. The van der Waals surface area contributed by atoms with E-state index in [-0.39, 0.29) is 18.2 Å². The number of hydrogen-bond acceptors (Lipinski definition) is 2. The summed E-state index contributed by atoms with van der Waals surface area (Å²) in [4.78, 5) is 26.9. The monoisotopic (exact) mass is 372 g/mol. The van der Waals surface area contributed by atoms with E-state index in [1.165, 1.54) is 0 Å². The third-order valence-electron chi connectivity index (χ3n) is 4.39. The highest BCUT2D eigenvalue weighted by Crippen LogP contribution is 2.14. The predicted octanol–water partition coefficient (Wildman–Crippen LogP) is 3.48. The Morgan fingerprint density at radius 2 is 1.69 bits per heavy atom. The number of nitrogens with one attached hydrogen (secondary N) is 1. The number of carbonyl (C=O) groups excluding carboxylic acids is 2. The van der Waals surface area contributed by atoms with Crippen molar-refractivity contribution in [1.82, 2.24) is 10.2 Å². The van der Waals surface area contributed by atoms with Gasteiger partial charge in [0.05, 0.1) is 6.42 Å². The van der Waals surface area contributed by atoms with E-state index in [0.717, 1.165) is 11.1 Å². The lowest BCUT2D eigenvalue weighted by Crippen LogP contribution is -2.49. The van der Waals surface area contributed by atoms with Crippen molar-refractivity contribution in [1.29, 1.82) is 0 Å². The molecule has 138 valence electrons. The van der Waals surface area contributed by atoms with Crippen LogP contribution in [0.2, 0.25) is 5.02 Å². The number of amides is 2. The molecule has 2 rings (SSSR count). The van der Waals surface area contributed by atoms with Gasteiger partial charge in [0, 0.05) is 18.6 Å². The highest BCUT2D eigenvalue weighted by Gasteiger charge is 2.27. The first-order chi connectivity index (χ1) is 12.5. The van der Waals surface area contributed by atoms with Gasteiger partial charge in [-0.25, -0.2) is 0 Å². The van der Waals surface area contributed by atoms with Crippen molar-refractivity contribution in [2.75, 3.05) is 13.6 Å². The second kappa shape index (κ2) is 9.97. The number of carbonyl (C=O) groups is 2. The van der Waals surface area contributed by atoms with E-state index in [4.69, 9.17) is 11.6 Å². The molecule has 1 N–H and O–H groups in total. The Bertz CT molecular complexity index is 717. The molecule has 2 aromatic carbocycles. The molecule has 0 aliphatic heterocycles. The summed E-state index contributed by atoms with van der Waals surface area (Å²) in [6.45, 7) is 2.42. The van der Waals surface area contributed by atoms with Crippen LogP contribution in [-0.4, -0.2) is 36.3 Å². The zero-order chi connectivity index (χ0) is 18.9. The Morgan fingerprint density at radius 1 is 1.04 bits per heavy atom. The lowest BCUT2D eigenvalue weighted by molar-refractivity contribution is -0.140. The standard InChI is InChI=1S/C21H25ClN2O2/c1-3-19(21(26)23-2)24(14-13-16-7-5-4-6-8-16)20(25)15-17-9-11-18(22)12-10-17/h4-12,19H,3,13-15H2,1-2H3,(H,23,26)/t19-/m0/s1. The molecule has 0 aromatic heterocycles. The smallest absolute Gasteiger partial charge is 0.242 e. The Morgan fingerprint density at radius 3 is 2.27 bits per heavy atom. The van der Waals surface area contributed by atoms with Gasteiger partial charge in [-0.2, -0.15) is 0 Å². The lowest BCUT2D eigenvalue weighted by atomic mass is 10.1. The van der Waals surface area contributed by atoms with Gasteiger partial charge in [0.1, 0.15) is 6.04 Å². The van der Waals surface area contributed by atoms with Crippen LogP contribution in [0.1, 0.15) is 24.5 Å². The van der Waals surface area contributed by atoms with Gasteiger partial charge in [-0.15, -0.1) is 0 Å². The lowest BCUT2D eigenvalue weighted by Gasteiger charge is -2.30. The van der Waals surface area contributed by atoms with Crippen molar-refractivity contribution in [3.63, 3.8) is 0 Å². The van der Waals surface area contributed by atoms with Crippen LogP contribution in [0, 0.1) is 0 Å². The number of benzene rings is 2. The topological polar surface area (TPSA) is 49.4 Å². The molecular weight excluding hydrogens is 348 g/mol. The summed E-state index contributed by atoms with van der Waals surface area (Å²) in [5.74, 6) is -0.191. The van der Waals surface area contributed by atoms with Crippen LogP contribution >= 0.6 is 11.6 Å². The minimum atomic E-state index is -0.469. The summed E-state index contributed by atoms with van der Waals surface area (Å²) < 4.78 is 0. The first kappa shape index (κ1) is 20.0. The van der Waals surface area contributed by atoms with Crippen LogP contribution < -0.4 is 5.32 Å². The molecule has 2 aromatic rings. The maximum atomic E-state index is 13.0. The van der Waals surface area contributed by atoms with Crippen LogP contribution in [0.4, 0.5) is 0 Å². The van der Waals surface area contributed by atoms with Crippen molar-refractivity contribution in [2.24, 2.45) is 0 Å². The molecule has 4 nitrogen and oxygen atoms in total.